The molecular formula is C21H23N3O6S. The maximum Gasteiger partial charge on any atom is 0.414 e. The Morgan fingerprint density at radius 3 is 2.39 bits per heavy atom. The van der Waals surface area contributed by atoms with Gasteiger partial charge in [-0.1, -0.05) is 18.2 Å². The van der Waals surface area contributed by atoms with E-state index >= 15 is 0 Å². The van der Waals surface area contributed by atoms with Crippen LogP contribution in [0.5, 0.6) is 0 Å². The van der Waals surface area contributed by atoms with Crippen LogP contribution in [0.15, 0.2) is 59.5 Å². The van der Waals surface area contributed by atoms with E-state index in [1.54, 1.807) is 0 Å². The molecule has 0 unspecified atom stereocenters. The number of carbonyl (C=O) groups excluding carboxylic acids is 2. The molecule has 1 atom stereocenters. The summed E-state index contributed by atoms with van der Waals surface area (Å²) < 4.78 is 37.2. The predicted molar refractivity (Wildman–Crippen MR) is 112 cm³/mol. The first-order valence-corrected chi connectivity index (χ1v) is 11.4. The summed E-state index contributed by atoms with van der Waals surface area (Å²) in [6, 6.07) is 14.9. The summed E-state index contributed by atoms with van der Waals surface area (Å²) in [5, 5.41) is 2.74. The number of rotatable bonds is 6. The lowest BCUT2D eigenvalue weighted by Gasteiger charge is -2.26. The largest absolute Gasteiger partial charge is 0.442 e. The standard InChI is InChI=1S/C21H23N3O6S/c25-20(22-14-18-15-24(21(26)30-18)17-4-2-1-3-5-17)16-6-8-19(9-7-16)31(27,28)23-10-12-29-13-11-23/h1-9,18H,10-15H2,(H,22,25)/t18-/m1/s1. The molecule has 0 bridgehead atoms. The van der Waals surface area contributed by atoms with E-state index in [0.717, 1.165) is 5.69 Å². The second kappa shape index (κ2) is 9.04. The molecular weight excluding hydrogens is 422 g/mol. The maximum atomic E-state index is 12.7. The molecule has 2 aliphatic rings. The van der Waals surface area contributed by atoms with Crippen LogP contribution in [-0.4, -0.2) is 70.2 Å². The number of hydrogen-bond donors (Lipinski definition) is 1. The fourth-order valence-electron chi connectivity index (χ4n) is 3.47. The summed E-state index contributed by atoms with van der Waals surface area (Å²) in [4.78, 5) is 26.2. The Morgan fingerprint density at radius 1 is 1.03 bits per heavy atom. The fraction of sp³-hybridized carbons (Fsp3) is 0.333. The van der Waals surface area contributed by atoms with E-state index in [-0.39, 0.29) is 17.3 Å². The summed E-state index contributed by atoms with van der Waals surface area (Å²) in [6.07, 6.45) is -0.930. The van der Waals surface area contributed by atoms with Crippen LogP contribution in [0, 0.1) is 0 Å². The van der Waals surface area contributed by atoms with Crippen LogP contribution >= 0.6 is 0 Å². The van der Waals surface area contributed by atoms with Crippen molar-refractivity contribution in [2.45, 2.75) is 11.0 Å². The number of morpholine rings is 1. The Labute approximate surface area is 180 Å². The first kappa shape index (κ1) is 21.3. The van der Waals surface area contributed by atoms with Gasteiger partial charge in [0.2, 0.25) is 10.0 Å². The molecule has 9 nitrogen and oxygen atoms in total. The molecule has 0 saturated carbocycles. The smallest absolute Gasteiger partial charge is 0.414 e. The zero-order valence-corrected chi connectivity index (χ0v) is 17.6. The van der Waals surface area contributed by atoms with Crippen LogP contribution < -0.4 is 10.2 Å². The first-order chi connectivity index (χ1) is 14.9. The third-order valence-electron chi connectivity index (χ3n) is 5.16. The lowest BCUT2D eigenvalue weighted by atomic mass is 10.2. The summed E-state index contributed by atoms with van der Waals surface area (Å²) in [6.45, 7) is 1.84. The lowest BCUT2D eigenvalue weighted by Crippen LogP contribution is -2.40. The summed E-state index contributed by atoms with van der Waals surface area (Å²) in [5.74, 6) is -0.371. The number of para-hydroxylation sites is 1. The average Bonchev–Trinajstić information content (AvgIpc) is 3.19. The minimum atomic E-state index is -3.61. The van der Waals surface area contributed by atoms with Gasteiger partial charge in [0.25, 0.3) is 5.91 Å². The van der Waals surface area contributed by atoms with Gasteiger partial charge in [-0.3, -0.25) is 9.69 Å². The highest BCUT2D eigenvalue weighted by molar-refractivity contribution is 7.89. The van der Waals surface area contributed by atoms with Gasteiger partial charge in [0.15, 0.2) is 0 Å². The minimum Gasteiger partial charge on any atom is -0.442 e. The molecule has 2 amide bonds. The second-order valence-electron chi connectivity index (χ2n) is 7.20. The predicted octanol–water partition coefficient (Wildman–Crippen LogP) is 1.46. The molecule has 2 aromatic carbocycles. The van der Waals surface area contributed by atoms with Crippen molar-refractivity contribution in [2.24, 2.45) is 0 Å². The van der Waals surface area contributed by atoms with Gasteiger partial charge < -0.3 is 14.8 Å². The quantitative estimate of drug-likeness (QED) is 0.722. The molecule has 164 valence electrons. The Kier molecular flexibility index (Phi) is 6.21. The fourth-order valence-corrected chi connectivity index (χ4v) is 4.88. The minimum absolute atomic E-state index is 0.133. The van der Waals surface area contributed by atoms with E-state index in [1.165, 1.54) is 33.5 Å². The van der Waals surface area contributed by atoms with Gasteiger partial charge >= 0.3 is 6.09 Å². The van der Waals surface area contributed by atoms with Crippen molar-refractivity contribution in [1.29, 1.82) is 0 Å². The van der Waals surface area contributed by atoms with Crippen molar-refractivity contribution < 1.29 is 27.5 Å². The number of cyclic esters (lactones) is 1. The van der Waals surface area contributed by atoms with Gasteiger partial charge in [0.05, 0.1) is 31.2 Å². The molecule has 0 radical (unpaired) electrons. The van der Waals surface area contributed by atoms with Crippen molar-refractivity contribution in [3.05, 3.63) is 60.2 Å². The number of sulfonamides is 1. The molecule has 0 aromatic heterocycles. The van der Waals surface area contributed by atoms with Gasteiger partial charge in [-0.15, -0.1) is 0 Å². The number of anilines is 1. The molecule has 0 spiro atoms. The average molecular weight is 445 g/mol. The normalized spacial score (nSPS) is 19.8. The van der Waals surface area contributed by atoms with Crippen molar-refractivity contribution >= 4 is 27.7 Å². The number of amides is 2. The molecule has 4 rings (SSSR count). The van der Waals surface area contributed by atoms with Crippen molar-refractivity contribution in [2.75, 3.05) is 44.3 Å². The van der Waals surface area contributed by atoms with Crippen LogP contribution in [0.1, 0.15) is 10.4 Å². The molecule has 0 aliphatic carbocycles. The Hall–Kier alpha value is -2.95. The topological polar surface area (TPSA) is 105 Å². The molecule has 2 saturated heterocycles. The van der Waals surface area contributed by atoms with Crippen molar-refractivity contribution in [1.82, 2.24) is 9.62 Å². The van der Waals surface area contributed by atoms with Crippen molar-refractivity contribution in [3.63, 3.8) is 0 Å². The number of nitrogens with one attached hydrogen (secondary N) is 1. The number of ether oxygens (including phenoxy) is 2. The zero-order valence-electron chi connectivity index (χ0n) is 16.8. The van der Waals surface area contributed by atoms with Gasteiger partial charge in [0.1, 0.15) is 6.10 Å². The molecule has 2 fully saturated rings. The monoisotopic (exact) mass is 445 g/mol. The number of benzene rings is 2. The van der Waals surface area contributed by atoms with Gasteiger partial charge in [0, 0.05) is 24.3 Å². The highest BCUT2D eigenvalue weighted by Gasteiger charge is 2.32. The second-order valence-corrected chi connectivity index (χ2v) is 9.14. The number of carbonyl (C=O) groups is 2. The van der Waals surface area contributed by atoms with E-state index in [4.69, 9.17) is 9.47 Å². The molecule has 2 aromatic rings. The zero-order chi connectivity index (χ0) is 21.8. The van der Waals surface area contributed by atoms with Crippen LogP contribution in [-0.2, 0) is 19.5 Å². The highest BCUT2D eigenvalue weighted by Crippen LogP contribution is 2.21. The van der Waals surface area contributed by atoms with E-state index in [0.29, 0.717) is 38.4 Å². The molecule has 1 N–H and O–H groups in total. The number of nitrogens with zero attached hydrogens (tertiary/aromatic N) is 2. The Morgan fingerprint density at radius 2 is 1.71 bits per heavy atom. The molecule has 2 heterocycles. The summed E-state index contributed by atoms with van der Waals surface area (Å²) in [7, 11) is -3.61. The van der Waals surface area contributed by atoms with Gasteiger partial charge in [-0.05, 0) is 36.4 Å². The SMILES string of the molecule is O=C(NC[C@@H]1CN(c2ccccc2)C(=O)O1)c1ccc(S(=O)(=O)N2CCOCC2)cc1. The van der Waals surface area contributed by atoms with E-state index < -0.39 is 22.2 Å². The Balaban J connectivity index is 1.34. The van der Waals surface area contributed by atoms with Crippen LogP contribution in [0.2, 0.25) is 0 Å². The molecule has 10 heteroatoms. The third kappa shape index (κ3) is 4.71. The van der Waals surface area contributed by atoms with Gasteiger partial charge in [-0.25, -0.2) is 13.2 Å². The van der Waals surface area contributed by atoms with Crippen LogP contribution in [0.4, 0.5) is 10.5 Å². The van der Waals surface area contributed by atoms with Crippen molar-refractivity contribution in [3.8, 4) is 0 Å². The first-order valence-electron chi connectivity index (χ1n) is 9.94. The summed E-state index contributed by atoms with van der Waals surface area (Å²) in [5.41, 5.74) is 1.06. The molecule has 2 aliphatic heterocycles. The third-order valence-corrected chi connectivity index (χ3v) is 7.07. The van der Waals surface area contributed by atoms with E-state index in [9.17, 15) is 18.0 Å². The maximum absolute atomic E-state index is 12.7. The van der Waals surface area contributed by atoms with Crippen LogP contribution in [0.25, 0.3) is 0 Å². The summed E-state index contributed by atoms with van der Waals surface area (Å²) >= 11 is 0. The number of hydrogen-bond acceptors (Lipinski definition) is 6. The van der Waals surface area contributed by atoms with E-state index in [2.05, 4.69) is 5.32 Å². The lowest BCUT2D eigenvalue weighted by molar-refractivity contribution is 0.0730. The highest BCUT2D eigenvalue weighted by atomic mass is 32.2. The molecule has 31 heavy (non-hydrogen) atoms. The van der Waals surface area contributed by atoms with Gasteiger partial charge in [-0.2, -0.15) is 4.31 Å². The Bertz CT molecular complexity index is 1040. The van der Waals surface area contributed by atoms with E-state index in [1.807, 2.05) is 30.3 Å². The van der Waals surface area contributed by atoms with Crippen LogP contribution in [0.3, 0.4) is 0 Å².